The van der Waals surface area contributed by atoms with Gasteiger partial charge in [0.25, 0.3) is 0 Å². The number of nitrogens with one attached hydrogen (secondary N) is 1. The van der Waals surface area contributed by atoms with E-state index in [0.717, 1.165) is 18.0 Å². The number of benzene rings is 1. The maximum atomic E-state index is 13.5. The minimum Gasteiger partial charge on any atom is -0.359 e. The molecule has 1 aliphatic rings. The predicted octanol–water partition coefficient (Wildman–Crippen LogP) is 3.66. The molecule has 0 radical (unpaired) electrons. The van der Waals surface area contributed by atoms with E-state index < -0.39 is 11.6 Å². The Labute approximate surface area is 101 Å². The maximum Gasteiger partial charge on any atom is 0.183 e. The lowest BCUT2D eigenvalue weighted by molar-refractivity contribution is 0.589. The molecule has 1 saturated carbocycles. The first-order valence-corrected chi connectivity index (χ1v) is 6.28. The SMILES string of the molecule is Fc1cccc(F)c1-c1csc(NC2CC2)n1. The topological polar surface area (TPSA) is 24.9 Å². The van der Waals surface area contributed by atoms with Gasteiger partial charge in [-0.25, -0.2) is 13.8 Å². The van der Waals surface area contributed by atoms with Crippen LogP contribution in [0.15, 0.2) is 23.6 Å². The van der Waals surface area contributed by atoms with Gasteiger partial charge in [-0.2, -0.15) is 0 Å². The van der Waals surface area contributed by atoms with Crippen LogP contribution in [0.3, 0.4) is 0 Å². The minimum atomic E-state index is -0.576. The van der Waals surface area contributed by atoms with E-state index in [1.54, 1.807) is 5.38 Å². The van der Waals surface area contributed by atoms with E-state index >= 15 is 0 Å². The molecule has 2 aromatic rings. The van der Waals surface area contributed by atoms with Crippen LogP contribution in [-0.2, 0) is 0 Å². The molecule has 5 heteroatoms. The molecule has 1 fully saturated rings. The van der Waals surface area contributed by atoms with Crippen molar-refractivity contribution in [3.63, 3.8) is 0 Å². The Hall–Kier alpha value is -1.49. The van der Waals surface area contributed by atoms with Gasteiger partial charge >= 0.3 is 0 Å². The molecule has 17 heavy (non-hydrogen) atoms. The third-order valence-corrected chi connectivity index (χ3v) is 3.40. The van der Waals surface area contributed by atoms with Crippen molar-refractivity contribution in [3.05, 3.63) is 35.2 Å². The van der Waals surface area contributed by atoms with Crippen LogP contribution in [0.25, 0.3) is 11.3 Å². The summed E-state index contributed by atoms with van der Waals surface area (Å²) in [5.74, 6) is -1.15. The first kappa shape index (κ1) is 10.7. The molecule has 0 saturated heterocycles. The van der Waals surface area contributed by atoms with Gasteiger partial charge in [0, 0.05) is 11.4 Å². The molecule has 3 rings (SSSR count). The fraction of sp³-hybridized carbons (Fsp3) is 0.250. The first-order chi connectivity index (χ1) is 8.24. The zero-order valence-corrected chi connectivity index (χ0v) is 9.73. The van der Waals surface area contributed by atoms with Crippen molar-refractivity contribution in [1.82, 2.24) is 4.98 Å². The zero-order chi connectivity index (χ0) is 11.8. The molecule has 1 aromatic carbocycles. The Balaban J connectivity index is 1.94. The van der Waals surface area contributed by atoms with Crippen molar-refractivity contribution in [1.29, 1.82) is 0 Å². The van der Waals surface area contributed by atoms with Crippen molar-refractivity contribution in [2.24, 2.45) is 0 Å². The van der Waals surface area contributed by atoms with E-state index in [1.165, 1.54) is 29.5 Å². The van der Waals surface area contributed by atoms with E-state index in [2.05, 4.69) is 10.3 Å². The molecular formula is C12H10F2N2S. The molecule has 0 amide bonds. The molecule has 1 N–H and O–H groups in total. The summed E-state index contributed by atoms with van der Waals surface area (Å²) >= 11 is 1.37. The van der Waals surface area contributed by atoms with Crippen LogP contribution >= 0.6 is 11.3 Å². The molecule has 1 heterocycles. The Morgan fingerprint density at radius 2 is 1.94 bits per heavy atom. The monoisotopic (exact) mass is 252 g/mol. The van der Waals surface area contributed by atoms with E-state index in [1.807, 2.05) is 0 Å². The standard InChI is InChI=1S/C12H10F2N2S/c13-8-2-1-3-9(14)11(8)10-6-17-12(16-10)15-7-4-5-7/h1-3,6-7H,4-5H2,(H,15,16). The molecule has 0 unspecified atom stereocenters. The molecule has 0 spiro atoms. The number of halogens is 2. The lowest BCUT2D eigenvalue weighted by Crippen LogP contribution is -2.00. The first-order valence-electron chi connectivity index (χ1n) is 5.40. The number of hydrogen-bond acceptors (Lipinski definition) is 3. The second-order valence-corrected chi connectivity index (χ2v) is 4.91. The van der Waals surface area contributed by atoms with Crippen LogP contribution in [0.1, 0.15) is 12.8 Å². The van der Waals surface area contributed by atoms with Crippen molar-refractivity contribution in [2.45, 2.75) is 18.9 Å². The predicted molar refractivity (Wildman–Crippen MR) is 64.1 cm³/mol. The molecule has 1 aromatic heterocycles. The number of nitrogens with zero attached hydrogens (tertiary/aromatic N) is 1. The van der Waals surface area contributed by atoms with Crippen LogP contribution in [0, 0.1) is 11.6 Å². The van der Waals surface area contributed by atoms with E-state index in [-0.39, 0.29) is 5.56 Å². The van der Waals surface area contributed by atoms with Gasteiger partial charge < -0.3 is 5.32 Å². The smallest absolute Gasteiger partial charge is 0.183 e. The van der Waals surface area contributed by atoms with Crippen molar-refractivity contribution in [2.75, 3.05) is 5.32 Å². The quantitative estimate of drug-likeness (QED) is 0.901. The van der Waals surface area contributed by atoms with Gasteiger partial charge in [0.05, 0.1) is 11.3 Å². The highest BCUT2D eigenvalue weighted by molar-refractivity contribution is 7.14. The van der Waals surface area contributed by atoms with Crippen LogP contribution in [-0.4, -0.2) is 11.0 Å². The molecule has 0 aliphatic heterocycles. The van der Waals surface area contributed by atoms with Gasteiger partial charge in [-0.05, 0) is 25.0 Å². The van der Waals surface area contributed by atoms with Gasteiger partial charge in [-0.1, -0.05) is 6.07 Å². The maximum absolute atomic E-state index is 13.5. The molecular weight excluding hydrogens is 242 g/mol. The van der Waals surface area contributed by atoms with Crippen molar-refractivity contribution >= 4 is 16.5 Å². The third-order valence-electron chi connectivity index (χ3n) is 2.63. The zero-order valence-electron chi connectivity index (χ0n) is 8.91. The Morgan fingerprint density at radius 1 is 1.24 bits per heavy atom. The summed E-state index contributed by atoms with van der Waals surface area (Å²) in [6.45, 7) is 0. The highest BCUT2D eigenvalue weighted by atomic mass is 32.1. The van der Waals surface area contributed by atoms with Crippen LogP contribution in [0.5, 0.6) is 0 Å². The number of hydrogen-bond donors (Lipinski definition) is 1. The number of rotatable bonds is 3. The second-order valence-electron chi connectivity index (χ2n) is 4.05. The third kappa shape index (κ3) is 2.15. The molecule has 0 bridgehead atoms. The summed E-state index contributed by atoms with van der Waals surface area (Å²) in [7, 11) is 0. The Kier molecular flexibility index (Phi) is 2.55. The molecule has 1 aliphatic carbocycles. The highest BCUT2D eigenvalue weighted by Crippen LogP contribution is 2.31. The highest BCUT2D eigenvalue weighted by Gasteiger charge is 2.22. The average Bonchev–Trinajstić information content (AvgIpc) is 2.97. The van der Waals surface area contributed by atoms with Gasteiger partial charge in [0.1, 0.15) is 11.6 Å². The normalized spacial score (nSPS) is 14.9. The molecule has 2 nitrogen and oxygen atoms in total. The van der Waals surface area contributed by atoms with Crippen molar-refractivity contribution < 1.29 is 8.78 Å². The largest absolute Gasteiger partial charge is 0.359 e. The minimum absolute atomic E-state index is 0.0485. The summed E-state index contributed by atoms with van der Waals surface area (Å²) in [5.41, 5.74) is 0.307. The molecule has 0 atom stereocenters. The fourth-order valence-electron chi connectivity index (χ4n) is 1.60. The van der Waals surface area contributed by atoms with Gasteiger partial charge in [0.2, 0.25) is 0 Å². The Morgan fingerprint density at radius 3 is 2.59 bits per heavy atom. The number of aromatic nitrogens is 1. The number of anilines is 1. The summed E-state index contributed by atoms with van der Waals surface area (Å²) in [4.78, 5) is 4.21. The van der Waals surface area contributed by atoms with E-state index in [9.17, 15) is 8.78 Å². The van der Waals surface area contributed by atoms with Gasteiger partial charge in [0.15, 0.2) is 5.13 Å². The van der Waals surface area contributed by atoms with Gasteiger partial charge in [-0.15, -0.1) is 11.3 Å². The van der Waals surface area contributed by atoms with Crippen molar-refractivity contribution in [3.8, 4) is 11.3 Å². The summed E-state index contributed by atoms with van der Waals surface area (Å²) < 4.78 is 27.0. The van der Waals surface area contributed by atoms with Gasteiger partial charge in [-0.3, -0.25) is 0 Å². The lowest BCUT2D eigenvalue weighted by atomic mass is 10.1. The summed E-state index contributed by atoms with van der Waals surface area (Å²) in [6, 6.07) is 4.32. The average molecular weight is 252 g/mol. The van der Waals surface area contributed by atoms with E-state index in [4.69, 9.17) is 0 Å². The second kappa shape index (κ2) is 4.07. The summed E-state index contributed by atoms with van der Waals surface area (Å²) in [6.07, 6.45) is 2.28. The van der Waals surface area contributed by atoms with Crippen LogP contribution < -0.4 is 5.32 Å². The molecule has 88 valence electrons. The number of thiazole rings is 1. The van der Waals surface area contributed by atoms with E-state index in [0.29, 0.717) is 11.7 Å². The fourth-order valence-corrected chi connectivity index (χ4v) is 2.38. The lowest BCUT2D eigenvalue weighted by Gasteiger charge is -2.01. The Bertz CT molecular complexity index is 529. The van der Waals surface area contributed by atoms with Crippen LogP contribution in [0.2, 0.25) is 0 Å². The summed E-state index contributed by atoms with van der Waals surface area (Å²) in [5, 5.41) is 5.61. The van der Waals surface area contributed by atoms with Crippen LogP contribution in [0.4, 0.5) is 13.9 Å².